The third kappa shape index (κ3) is 4.23. The average molecular weight is 293 g/mol. The molecule has 2 heterocycles. The summed E-state index contributed by atoms with van der Waals surface area (Å²) in [5.41, 5.74) is 0. The van der Waals surface area contributed by atoms with Crippen LogP contribution in [-0.4, -0.2) is 16.0 Å². The lowest BCUT2D eigenvalue weighted by Crippen LogP contribution is -2.15. The molecule has 0 fully saturated rings. The lowest BCUT2D eigenvalue weighted by molar-refractivity contribution is -0.137. The van der Waals surface area contributed by atoms with E-state index in [-0.39, 0.29) is 11.7 Å². The molecule has 0 radical (unpaired) electrons. The minimum Gasteiger partial charge on any atom is -0.365 e. The van der Waals surface area contributed by atoms with Crippen molar-refractivity contribution in [3.8, 4) is 0 Å². The van der Waals surface area contributed by atoms with Crippen LogP contribution in [0.2, 0.25) is 0 Å². The van der Waals surface area contributed by atoms with E-state index in [1.165, 1.54) is 16.9 Å². The molecular formula is C11H11F4N3S. The molecule has 104 valence electrons. The number of halogens is 4. The molecule has 0 aliphatic rings. The molecule has 0 aliphatic heterocycles. The lowest BCUT2D eigenvalue weighted by Gasteiger charge is -2.10. The van der Waals surface area contributed by atoms with Gasteiger partial charge in [0.15, 0.2) is 5.13 Å². The summed E-state index contributed by atoms with van der Waals surface area (Å²) in [4.78, 5) is 0.765. The van der Waals surface area contributed by atoms with Gasteiger partial charge in [0, 0.05) is 10.9 Å². The third-order valence-electron chi connectivity index (χ3n) is 2.40. The number of aromatic nitrogens is 2. The molecule has 2 rings (SSSR count). The van der Waals surface area contributed by atoms with E-state index < -0.39 is 12.6 Å². The van der Waals surface area contributed by atoms with E-state index in [4.69, 9.17) is 0 Å². The van der Waals surface area contributed by atoms with Crippen LogP contribution in [0.3, 0.4) is 0 Å². The van der Waals surface area contributed by atoms with E-state index in [1.54, 1.807) is 12.1 Å². The Bertz CT molecular complexity index is 532. The van der Waals surface area contributed by atoms with Gasteiger partial charge in [-0.15, -0.1) is 11.3 Å². The predicted molar refractivity (Wildman–Crippen MR) is 64.5 cm³/mol. The molecule has 0 bridgehead atoms. The van der Waals surface area contributed by atoms with Gasteiger partial charge in [0.05, 0.1) is 25.7 Å². The van der Waals surface area contributed by atoms with Gasteiger partial charge in [0.25, 0.3) is 0 Å². The first-order valence-corrected chi connectivity index (χ1v) is 6.32. The lowest BCUT2D eigenvalue weighted by atomic mass is 10.4. The van der Waals surface area contributed by atoms with Crippen LogP contribution in [-0.2, 0) is 13.1 Å². The molecule has 1 N–H and O–H groups in total. The summed E-state index contributed by atoms with van der Waals surface area (Å²) < 4.78 is 50.4. The fraction of sp³-hybridized carbons (Fsp3) is 0.364. The number of nitrogens with one attached hydrogen (secondary N) is 1. The summed E-state index contributed by atoms with van der Waals surface area (Å²) in [5.74, 6) is 0.484. The second-order valence-electron chi connectivity index (χ2n) is 3.86. The van der Waals surface area contributed by atoms with Crippen LogP contribution in [0, 0.1) is 5.13 Å². The Kier molecular flexibility index (Phi) is 4.08. The monoisotopic (exact) mass is 293 g/mol. The van der Waals surface area contributed by atoms with E-state index in [9.17, 15) is 17.6 Å². The van der Waals surface area contributed by atoms with Gasteiger partial charge in [-0.05, 0) is 12.1 Å². The molecule has 0 amide bonds. The van der Waals surface area contributed by atoms with Crippen molar-refractivity contribution in [2.45, 2.75) is 25.7 Å². The Morgan fingerprint density at radius 3 is 2.68 bits per heavy atom. The minimum atomic E-state index is -4.21. The van der Waals surface area contributed by atoms with Crippen LogP contribution in [0.15, 0.2) is 24.4 Å². The Morgan fingerprint density at radius 2 is 2.05 bits per heavy atom. The molecular weight excluding hydrogens is 282 g/mol. The van der Waals surface area contributed by atoms with Crippen molar-refractivity contribution in [1.29, 1.82) is 0 Å². The topological polar surface area (TPSA) is 29.9 Å². The van der Waals surface area contributed by atoms with Crippen molar-refractivity contribution in [2.24, 2.45) is 0 Å². The first-order chi connectivity index (χ1) is 8.94. The molecule has 0 aromatic carbocycles. The van der Waals surface area contributed by atoms with Gasteiger partial charge in [-0.2, -0.15) is 22.7 Å². The summed E-state index contributed by atoms with van der Waals surface area (Å²) in [6, 6.07) is 4.56. The average Bonchev–Trinajstić information content (AvgIpc) is 2.91. The Morgan fingerprint density at radius 1 is 1.26 bits per heavy atom. The van der Waals surface area contributed by atoms with Crippen molar-refractivity contribution in [3.63, 3.8) is 0 Å². The smallest absolute Gasteiger partial charge is 0.365 e. The highest BCUT2D eigenvalue weighted by atomic mass is 32.1. The molecule has 2 aromatic rings. The van der Waals surface area contributed by atoms with Gasteiger partial charge >= 0.3 is 6.18 Å². The molecule has 0 spiro atoms. The molecule has 0 saturated heterocycles. The number of hydrogen-bond donors (Lipinski definition) is 1. The highest BCUT2D eigenvalue weighted by Crippen LogP contribution is 2.22. The zero-order chi connectivity index (χ0) is 13.9. The van der Waals surface area contributed by atoms with E-state index in [0.717, 1.165) is 16.2 Å². The third-order valence-corrected chi connectivity index (χ3v) is 3.27. The largest absolute Gasteiger partial charge is 0.390 e. The van der Waals surface area contributed by atoms with Crippen LogP contribution in [0.5, 0.6) is 0 Å². The van der Waals surface area contributed by atoms with Crippen LogP contribution < -0.4 is 5.32 Å². The first kappa shape index (κ1) is 13.9. The molecule has 2 aromatic heterocycles. The maximum absolute atomic E-state index is 12.8. The quantitative estimate of drug-likeness (QED) is 0.853. The first-order valence-electron chi connectivity index (χ1n) is 5.51. The zero-order valence-electron chi connectivity index (χ0n) is 9.75. The summed E-state index contributed by atoms with van der Waals surface area (Å²) in [6.45, 7) is 0.115. The summed E-state index contributed by atoms with van der Waals surface area (Å²) >= 11 is 0.994. The van der Waals surface area contributed by atoms with Crippen LogP contribution in [0.1, 0.15) is 11.3 Å². The maximum atomic E-state index is 12.8. The van der Waals surface area contributed by atoms with Crippen LogP contribution >= 0.6 is 11.3 Å². The number of anilines is 1. The number of aryl methyl sites for hydroxylation is 1. The van der Waals surface area contributed by atoms with E-state index in [1.807, 2.05) is 0 Å². The number of rotatable bonds is 5. The molecule has 19 heavy (non-hydrogen) atoms. The summed E-state index contributed by atoms with van der Waals surface area (Å²) in [5, 5.41) is 6.47. The second-order valence-corrected chi connectivity index (χ2v) is 4.98. The van der Waals surface area contributed by atoms with Crippen LogP contribution in [0.25, 0.3) is 0 Å². The number of alkyl halides is 3. The normalized spacial score (nSPS) is 11.8. The SMILES string of the molecule is Fc1ccc(CNc2ccnn2CCC(F)(F)F)s1. The number of hydrogen-bond acceptors (Lipinski definition) is 3. The molecule has 0 aliphatic carbocycles. The molecule has 0 unspecified atom stereocenters. The Labute approximate surface area is 110 Å². The van der Waals surface area contributed by atoms with Crippen LogP contribution in [0.4, 0.5) is 23.4 Å². The van der Waals surface area contributed by atoms with E-state index in [2.05, 4.69) is 10.4 Å². The molecule has 8 heteroatoms. The van der Waals surface area contributed by atoms with Crippen molar-refractivity contribution < 1.29 is 17.6 Å². The second kappa shape index (κ2) is 5.60. The predicted octanol–water partition coefficient (Wildman–Crippen LogP) is 3.65. The summed E-state index contributed by atoms with van der Waals surface area (Å²) in [7, 11) is 0. The fourth-order valence-corrected chi connectivity index (χ4v) is 2.19. The van der Waals surface area contributed by atoms with E-state index >= 15 is 0 Å². The Balaban J connectivity index is 1.92. The van der Waals surface area contributed by atoms with E-state index in [0.29, 0.717) is 12.4 Å². The fourth-order valence-electron chi connectivity index (χ4n) is 1.52. The Hall–Kier alpha value is -1.57. The highest BCUT2D eigenvalue weighted by Gasteiger charge is 2.27. The van der Waals surface area contributed by atoms with Gasteiger partial charge in [-0.3, -0.25) is 0 Å². The number of nitrogens with zero attached hydrogens (tertiary/aromatic N) is 2. The van der Waals surface area contributed by atoms with Crippen molar-refractivity contribution in [2.75, 3.05) is 5.32 Å². The summed E-state index contributed by atoms with van der Waals surface area (Å²) in [6.07, 6.45) is -3.72. The van der Waals surface area contributed by atoms with Crippen molar-refractivity contribution >= 4 is 17.2 Å². The van der Waals surface area contributed by atoms with Gasteiger partial charge < -0.3 is 5.32 Å². The standard InChI is InChI=1S/C11H11F4N3S/c12-9-2-1-8(19-9)7-16-10-3-5-17-18(10)6-4-11(13,14)15/h1-3,5,16H,4,6-7H2. The van der Waals surface area contributed by atoms with Crippen molar-refractivity contribution in [1.82, 2.24) is 9.78 Å². The molecule has 0 saturated carbocycles. The van der Waals surface area contributed by atoms with Gasteiger partial charge in [0.2, 0.25) is 0 Å². The van der Waals surface area contributed by atoms with Gasteiger partial charge in [-0.25, -0.2) is 4.68 Å². The number of thiophene rings is 1. The van der Waals surface area contributed by atoms with Gasteiger partial charge in [-0.1, -0.05) is 0 Å². The zero-order valence-corrected chi connectivity index (χ0v) is 10.6. The maximum Gasteiger partial charge on any atom is 0.390 e. The van der Waals surface area contributed by atoms with Crippen molar-refractivity contribution in [3.05, 3.63) is 34.4 Å². The molecule has 3 nitrogen and oxygen atoms in total. The highest BCUT2D eigenvalue weighted by molar-refractivity contribution is 7.10. The molecule has 0 atom stereocenters. The van der Waals surface area contributed by atoms with Gasteiger partial charge in [0.1, 0.15) is 5.82 Å². The minimum absolute atomic E-state index is 0.238.